The lowest BCUT2D eigenvalue weighted by atomic mass is 9.91. The molecule has 2 aliphatic rings. The largest absolute Gasteiger partial charge is 0.422 e. The first-order chi connectivity index (χ1) is 9.74. The SMILES string of the molecule is O=C1CCc2c(c3c(c4ccccc24)CCC(=O)O3)O1. The van der Waals surface area contributed by atoms with E-state index in [4.69, 9.17) is 9.47 Å². The van der Waals surface area contributed by atoms with Crippen LogP contribution in [0.15, 0.2) is 24.3 Å². The van der Waals surface area contributed by atoms with Crippen molar-refractivity contribution in [2.75, 3.05) is 0 Å². The van der Waals surface area contributed by atoms with E-state index in [1.54, 1.807) is 0 Å². The Morgan fingerprint density at radius 2 is 1.15 bits per heavy atom. The second-order valence-electron chi connectivity index (χ2n) is 5.11. The number of esters is 2. The lowest BCUT2D eigenvalue weighted by molar-refractivity contribution is -0.138. The van der Waals surface area contributed by atoms with Crippen molar-refractivity contribution in [3.63, 3.8) is 0 Å². The maximum Gasteiger partial charge on any atom is 0.311 e. The first kappa shape index (κ1) is 11.5. The summed E-state index contributed by atoms with van der Waals surface area (Å²) in [7, 11) is 0. The lowest BCUT2D eigenvalue weighted by Gasteiger charge is -2.25. The summed E-state index contributed by atoms with van der Waals surface area (Å²) in [6.07, 6.45) is 1.98. The van der Waals surface area contributed by atoms with Gasteiger partial charge in [0, 0.05) is 11.1 Å². The molecule has 0 spiro atoms. The Morgan fingerprint density at radius 1 is 0.700 bits per heavy atom. The van der Waals surface area contributed by atoms with Crippen LogP contribution in [0.4, 0.5) is 0 Å². The maximum absolute atomic E-state index is 11.6. The minimum atomic E-state index is -0.267. The molecule has 0 aromatic heterocycles. The fraction of sp³-hybridized carbons (Fsp3) is 0.250. The van der Waals surface area contributed by atoms with E-state index in [9.17, 15) is 9.59 Å². The summed E-state index contributed by atoms with van der Waals surface area (Å²) < 4.78 is 10.7. The first-order valence-corrected chi connectivity index (χ1v) is 6.72. The molecule has 20 heavy (non-hydrogen) atoms. The van der Waals surface area contributed by atoms with E-state index in [0.717, 1.165) is 21.9 Å². The van der Waals surface area contributed by atoms with Gasteiger partial charge >= 0.3 is 11.9 Å². The molecule has 2 aromatic rings. The van der Waals surface area contributed by atoms with Crippen molar-refractivity contribution in [1.29, 1.82) is 0 Å². The predicted octanol–water partition coefficient (Wildman–Crippen LogP) is 2.54. The molecule has 4 nitrogen and oxygen atoms in total. The number of benzene rings is 2. The van der Waals surface area contributed by atoms with Crippen molar-refractivity contribution < 1.29 is 19.1 Å². The third kappa shape index (κ3) is 1.54. The van der Waals surface area contributed by atoms with Gasteiger partial charge in [0.25, 0.3) is 0 Å². The second kappa shape index (κ2) is 4.07. The molecule has 0 saturated carbocycles. The van der Waals surface area contributed by atoms with Crippen LogP contribution in [0, 0.1) is 0 Å². The molecule has 4 rings (SSSR count). The van der Waals surface area contributed by atoms with Crippen LogP contribution in [0.5, 0.6) is 11.5 Å². The molecule has 0 radical (unpaired) electrons. The molecule has 0 aliphatic carbocycles. The first-order valence-electron chi connectivity index (χ1n) is 6.72. The fourth-order valence-corrected chi connectivity index (χ4v) is 3.02. The van der Waals surface area contributed by atoms with Crippen LogP contribution in [0.1, 0.15) is 24.0 Å². The highest BCUT2D eigenvalue weighted by Crippen LogP contribution is 2.46. The zero-order valence-electron chi connectivity index (χ0n) is 10.8. The van der Waals surface area contributed by atoms with E-state index in [1.165, 1.54) is 0 Å². The number of hydrogen-bond donors (Lipinski definition) is 0. The Hall–Kier alpha value is -2.36. The van der Waals surface area contributed by atoms with Gasteiger partial charge in [-0.05, 0) is 23.6 Å². The average molecular weight is 268 g/mol. The fourth-order valence-electron chi connectivity index (χ4n) is 3.02. The highest BCUT2D eigenvalue weighted by atomic mass is 16.6. The molecule has 0 amide bonds. The third-order valence-electron chi connectivity index (χ3n) is 3.92. The van der Waals surface area contributed by atoms with Gasteiger partial charge in [0.2, 0.25) is 0 Å². The highest BCUT2D eigenvalue weighted by molar-refractivity contribution is 5.97. The van der Waals surface area contributed by atoms with Gasteiger partial charge in [-0.15, -0.1) is 0 Å². The van der Waals surface area contributed by atoms with Gasteiger partial charge < -0.3 is 9.47 Å². The van der Waals surface area contributed by atoms with Crippen molar-refractivity contribution in [1.82, 2.24) is 0 Å². The van der Waals surface area contributed by atoms with Gasteiger partial charge in [0.15, 0.2) is 11.5 Å². The van der Waals surface area contributed by atoms with Crippen molar-refractivity contribution in [2.45, 2.75) is 25.7 Å². The van der Waals surface area contributed by atoms with E-state index in [-0.39, 0.29) is 11.9 Å². The average Bonchev–Trinajstić information content (AvgIpc) is 2.47. The van der Waals surface area contributed by atoms with Crippen molar-refractivity contribution in [3.8, 4) is 11.5 Å². The summed E-state index contributed by atoms with van der Waals surface area (Å²) >= 11 is 0. The van der Waals surface area contributed by atoms with Crippen LogP contribution >= 0.6 is 0 Å². The van der Waals surface area contributed by atoms with Crippen molar-refractivity contribution >= 4 is 22.7 Å². The summed E-state index contributed by atoms with van der Waals surface area (Å²) in [5, 5.41) is 2.18. The van der Waals surface area contributed by atoms with Gasteiger partial charge in [0.1, 0.15) is 0 Å². The minimum absolute atomic E-state index is 0.267. The molecular weight excluding hydrogens is 256 g/mol. The summed E-state index contributed by atoms with van der Waals surface area (Å²) in [6, 6.07) is 8.01. The van der Waals surface area contributed by atoms with Crippen LogP contribution in [-0.2, 0) is 22.4 Å². The van der Waals surface area contributed by atoms with Crippen LogP contribution in [0.2, 0.25) is 0 Å². The Balaban J connectivity index is 2.10. The minimum Gasteiger partial charge on any atom is -0.422 e. The number of fused-ring (bicyclic) bond motifs is 6. The standard InChI is InChI=1S/C16H12O4/c17-13-7-5-11-9-3-1-2-4-10(9)12-6-8-14(18)20-16(12)15(11)19-13/h1-4H,5-8H2. The number of carbonyl (C=O) groups is 2. The Morgan fingerprint density at radius 3 is 1.60 bits per heavy atom. The van der Waals surface area contributed by atoms with Gasteiger partial charge in [-0.2, -0.15) is 0 Å². The second-order valence-corrected chi connectivity index (χ2v) is 5.11. The van der Waals surface area contributed by atoms with E-state index in [2.05, 4.69) is 0 Å². The molecule has 2 heterocycles. The number of aryl methyl sites for hydroxylation is 2. The van der Waals surface area contributed by atoms with E-state index >= 15 is 0 Å². The van der Waals surface area contributed by atoms with Gasteiger partial charge in [-0.3, -0.25) is 9.59 Å². The number of carbonyl (C=O) groups excluding carboxylic acids is 2. The molecule has 0 fully saturated rings. The van der Waals surface area contributed by atoms with Crippen LogP contribution < -0.4 is 9.47 Å². The molecule has 0 atom stereocenters. The quantitative estimate of drug-likeness (QED) is 0.544. The third-order valence-corrected chi connectivity index (χ3v) is 3.92. The molecule has 0 N–H and O–H groups in total. The van der Waals surface area contributed by atoms with Gasteiger partial charge in [-0.25, -0.2) is 0 Å². The number of hydrogen-bond acceptors (Lipinski definition) is 4. The van der Waals surface area contributed by atoms with E-state index in [1.807, 2.05) is 24.3 Å². The Bertz CT molecular complexity index is 696. The molecule has 0 bridgehead atoms. The normalized spacial score (nSPS) is 17.2. The van der Waals surface area contributed by atoms with E-state index < -0.39 is 0 Å². The summed E-state index contributed by atoms with van der Waals surface area (Å²) in [4.78, 5) is 23.1. The maximum atomic E-state index is 11.6. The zero-order valence-corrected chi connectivity index (χ0v) is 10.8. The summed E-state index contributed by atoms with van der Waals surface area (Å²) in [5.41, 5.74) is 1.93. The van der Waals surface area contributed by atoms with Crippen molar-refractivity contribution in [2.24, 2.45) is 0 Å². The zero-order chi connectivity index (χ0) is 13.7. The van der Waals surface area contributed by atoms with Crippen LogP contribution in [-0.4, -0.2) is 11.9 Å². The highest BCUT2D eigenvalue weighted by Gasteiger charge is 2.30. The van der Waals surface area contributed by atoms with Crippen LogP contribution in [0.3, 0.4) is 0 Å². The monoisotopic (exact) mass is 268 g/mol. The smallest absolute Gasteiger partial charge is 0.311 e. The topological polar surface area (TPSA) is 52.6 Å². The molecular formula is C16H12O4. The molecule has 2 aromatic carbocycles. The summed E-state index contributed by atoms with van der Waals surface area (Å²) in [5.74, 6) is 0.360. The van der Waals surface area contributed by atoms with Crippen LogP contribution in [0.25, 0.3) is 10.8 Å². The lowest BCUT2D eigenvalue weighted by Crippen LogP contribution is -2.22. The van der Waals surface area contributed by atoms with Gasteiger partial charge in [-0.1, -0.05) is 24.3 Å². The molecule has 0 unspecified atom stereocenters. The Labute approximate surface area is 115 Å². The number of ether oxygens (including phenoxy) is 2. The van der Waals surface area contributed by atoms with Gasteiger partial charge in [0.05, 0.1) is 12.8 Å². The number of rotatable bonds is 0. The van der Waals surface area contributed by atoms with Crippen molar-refractivity contribution in [3.05, 3.63) is 35.4 Å². The molecule has 100 valence electrons. The predicted molar refractivity (Wildman–Crippen MR) is 71.9 cm³/mol. The van der Waals surface area contributed by atoms with E-state index in [0.29, 0.717) is 37.2 Å². The Kier molecular flexibility index (Phi) is 2.33. The summed E-state index contributed by atoms with van der Waals surface area (Å²) in [6.45, 7) is 0. The molecule has 2 aliphatic heterocycles. The molecule has 4 heteroatoms. The molecule has 0 saturated heterocycles.